The number of likely N-dealkylation sites (N-methyl/N-ethyl adjacent to an activating group) is 1. The van der Waals surface area contributed by atoms with Gasteiger partial charge in [0.05, 0.1) is 16.2 Å². The number of aryl methyl sites for hydroxylation is 1. The molecule has 1 unspecified atom stereocenters. The largest absolute Gasteiger partial charge is 0.310 e. The lowest BCUT2D eigenvalue weighted by Gasteiger charge is -2.19. The lowest BCUT2D eigenvalue weighted by Crippen LogP contribution is -2.23. The summed E-state index contributed by atoms with van der Waals surface area (Å²) >= 11 is 12.4. The van der Waals surface area contributed by atoms with Crippen LogP contribution in [0.5, 0.6) is 0 Å². The Bertz CT molecular complexity index is 593. The van der Waals surface area contributed by atoms with Gasteiger partial charge in [-0.25, -0.2) is 0 Å². The van der Waals surface area contributed by atoms with Crippen LogP contribution >= 0.6 is 23.2 Å². The van der Waals surface area contributed by atoms with E-state index in [0.29, 0.717) is 10.0 Å². The Kier molecular flexibility index (Phi) is 5.08. The van der Waals surface area contributed by atoms with Gasteiger partial charge >= 0.3 is 0 Å². The van der Waals surface area contributed by atoms with Gasteiger partial charge in [-0.3, -0.25) is 4.68 Å². The molecule has 3 nitrogen and oxygen atoms in total. The van der Waals surface area contributed by atoms with E-state index in [-0.39, 0.29) is 6.04 Å². The number of nitrogens with zero attached hydrogens (tertiary/aromatic N) is 2. The molecule has 0 bridgehead atoms. The zero-order valence-electron chi connectivity index (χ0n) is 12.0. The number of nitrogens with one attached hydrogen (secondary N) is 1. The number of aromatic nitrogens is 2. The van der Waals surface area contributed by atoms with Crippen molar-refractivity contribution >= 4 is 23.2 Å². The van der Waals surface area contributed by atoms with E-state index in [1.807, 2.05) is 36.1 Å². The third-order valence-electron chi connectivity index (χ3n) is 3.55. The van der Waals surface area contributed by atoms with Crippen molar-refractivity contribution in [2.75, 3.05) is 6.54 Å². The van der Waals surface area contributed by atoms with Crippen molar-refractivity contribution in [3.05, 3.63) is 51.3 Å². The van der Waals surface area contributed by atoms with Crippen LogP contribution in [0.25, 0.3) is 0 Å². The minimum atomic E-state index is 0.185. The summed E-state index contributed by atoms with van der Waals surface area (Å²) in [5.41, 5.74) is 3.41. The number of rotatable bonds is 5. The molecule has 1 N–H and O–H groups in total. The van der Waals surface area contributed by atoms with E-state index in [1.54, 1.807) is 0 Å². The summed E-state index contributed by atoms with van der Waals surface area (Å²) < 4.78 is 1.89. The number of hydrogen-bond acceptors (Lipinski definition) is 2. The van der Waals surface area contributed by atoms with Crippen LogP contribution in [0.1, 0.15) is 29.8 Å². The molecule has 2 rings (SSSR count). The van der Waals surface area contributed by atoms with Crippen molar-refractivity contribution < 1.29 is 0 Å². The van der Waals surface area contributed by atoms with Crippen molar-refractivity contribution in [1.82, 2.24) is 15.1 Å². The maximum Gasteiger partial charge on any atom is 0.0624 e. The summed E-state index contributed by atoms with van der Waals surface area (Å²) in [4.78, 5) is 0. The molecule has 0 fully saturated rings. The molecule has 1 heterocycles. The summed E-state index contributed by atoms with van der Waals surface area (Å²) in [7, 11) is 1.95. The van der Waals surface area contributed by atoms with Crippen molar-refractivity contribution in [3.63, 3.8) is 0 Å². The van der Waals surface area contributed by atoms with E-state index in [1.165, 1.54) is 5.56 Å². The van der Waals surface area contributed by atoms with Crippen LogP contribution in [0.4, 0.5) is 0 Å². The molecular weight excluding hydrogens is 293 g/mol. The molecule has 0 aliphatic carbocycles. The van der Waals surface area contributed by atoms with Crippen LogP contribution in [0, 0.1) is 6.92 Å². The first-order valence-electron chi connectivity index (χ1n) is 6.69. The zero-order chi connectivity index (χ0) is 14.7. The number of hydrogen-bond donors (Lipinski definition) is 1. The van der Waals surface area contributed by atoms with E-state index in [0.717, 1.165) is 24.2 Å². The van der Waals surface area contributed by atoms with Gasteiger partial charge in [0, 0.05) is 24.3 Å². The minimum Gasteiger partial charge on any atom is -0.310 e. The summed E-state index contributed by atoms with van der Waals surface area (Å²) in [5, 5.41) is 9.05. The summed E-state index contributed by atoms with van der Waals surface area (Å²) in [6.45, 7) is 5.06. The highest BCUT2D eigenvalue weighted by molar-refractivity contribution is 6.42. The van der Waals surface area contributed by atoms with E-state index in [9.17, 15) is 0 Å². The minimum absolute atomic E-state index is 0.185. The highest BCUT2D eigenvalue weighted by Gasteiger charge is 2.18. The van der Waals surface area contributed by atoms with Crippen molar-refractivity contribution in [2.24, 2.45) is 7.05 Å². The number of benzene rings is 1. The Balaban J connectivity index is 2.30. The van der Waals surface area contributed by atoms with Crippen LogP contribution < -0.4 is 5.32 Å². The highest BCUT2D eigenvalue weighted by Crippen LogP contribution is 2.30. The normalized spacial score (nSPS) is 12.7. The number of halogens is 2. The molecule has 2 aromatic rings. The lowest BCUT2D eigenvalue weighted by atomic mass is 9.99. The van der Waals surface area contributed by atoms with Crippen molar-refractivity contribution in [1.29, 1.82) is 0 Å². The molecule has 0 spiro atoms. The molecule has 1 atom stereocenters. The van der Waals surface area contributed by atoms with Gasteiger partial charge in [-0.2, -0.15) is 5.10 Å². The Morgan fingerprint density at radius 1 is 1.35 bits per heavy atom. The molecule has 5 heteroatoms. The molecular formula is C15H19Cl2N3. The summed E-state index contributed by atoms with van der Waals surface area (Å²) in [6.07, 6.45) is 2.71. The van der Waals surface area contributed by atoms with Gasteiger partial charge in [-0.1, -0.05) is 42.3 Å². The maximum absolute atomic E-state index is 6.29. The van der Waals surface area contributed by atoms with Gasteiger partial charge in [0.2, 0.25) is 0 Å². The fraction of sp³-hybridized carbons (Fsp3) is 0.400. The monoisotopic (exact) mass is 311 g/mol. The fourth-order valence-corrected chi connectivity index (χ4v) is 2.72. The van der Waals surface area contributed by atoms with Gasteiger partial charge < -0.3 is 5.32 Å². The molecule has 1 aromatic carbocycles. The average molecular weight is 312 g/mol. The van der Waals surface area contributed by atoms with Crippen molar-refractivity contribution in [3.8, 4) is 0 Å². The smallest absolute Gasteiger partial charge is 0.0624 e. The average Bonchev–Trinajstić information content (AvgIpc) is 2.75. The Labute approximate surface area is 129 Å². The van der Waals surface area contributed by atoms with Gasteiger partial charge in [0.1, 0.15) is 0 Å². The van der Waals surface area contributed by atoms with Crippen LogP contribution in [0.2, 0.25) is 10.0 Å². The second kappa shape index (κ2) is 6.61. The van der Waals surface area contributed by atoms with Gasteiger partial charge in [0.15, 0.2) is 0 Å². The first-order chi connectivity index (χ1) is 9.54. The zero-order valence-corrected chi connectivity index (χ0v) is 13.5. The Hall–Kier alpha value is -1.03. The SMILES string of the molecule is CCNC(Cc1cccc(Cl)c1Cl)c1cnn(C)c1C. The Morgan fingerprint density at radius 3 is 2.70 bits per heavy atom. The summed E-state index contributed by atoms with van der Waals surface area (Å²) in [5.74, 6) is 0. The van der Waals surface area contributed by atoms with Crippen LogP contribution in [-0.4, -0.2) is 16.3 Å². The third-order valence-corrected chi connectivity index (χ3v) is 4.41. The second-order valence-electron chi connectivity index (χ2n) is 4.84. The van der Waals surface area contributed by atoms with Gasteiger partial charge in [0.25, 0.3) is 0 Å². The summed E-state index contributed by atoms with van der Waals surface area (Å²) in [6, 6.07) is 5.95. The predicted octanol–water partition coefficient (Wildman–Crippen LogP) is 3.93. The molecule has 0 radical (unpaired) electrons. The third kappa shape index (κ3) is 3.17. The van der Waals surface area contributed by atoms with E-state index >= 15 is 0 Å². The molecule has 1 aromatic heterocycles. The van der Waals surface area contributed by atoms with Crippen LogP contribution in [-0.2, 0) is 13.5 Å². The quantitative estimate of drug-likeness (QED) is 0.906. The van der Waals surface area contributed by atoms with Crippen LogP contribution in [0.3, 0.4) is 0 Å². The lowest BCUT2D eigenvalue weighted by molar-refractivity contribution is 0.546. The fourth-order valence-electron chi connectivity index (χ4n) is 2.32. The van der Waals surface area contributed by atoms with Crippen LogP contribution in [0.15, 0.2) is 24.4 Å². The first kappa shape index (κ1) is 15.4. The molecule has 20 heavy (non-hydrogen) atoms. The maximum atomic E-state index is 6.29. The van der Waals surface area contributed by atoms with Gasteiger partial charge in [-0.15, -0.1) is 0 Å². The van der Waals surface area contributed by atoms with E-state index in [2.05, 4.69) is 24.3 Å². The molecule has 0 aliphatic rings. The molecule has 0 saturated carbocycles. The molecule has 108 valence electrons. The molecule has 0 saturated heterocycles. The molecule has 0 aliphatic heterocycles. The predicted molar refractivity (Wildman–Crippen MR) is 84.5 cm³/mol. The van der Waals surface area contributed by atoms with E-state index in [4.69, 9.17) is 23.2 Å². The van der Waals surface area contributed by atoms with Crippen molar-refractivity contribution in [2.45, 2.75) is 26.3 Å². The first-order valence-corrected chi connectivity index (χ1v) is 7.45. The standard InChI is InChI=1S/C15H19Cl2N3/c1-4-18-14(12-9-19-20(3)10(12)2)8-11-6-5-7-13(16)15(11)17/h5-7,9,14,18H,4,8H2,1-3H3. The second-order valence-corrected chi connectivity index (χ2v) is 5.62. The van der Waals surface area contributed by atoms with Gasteiger partial charge in [-0.05, 0) is 31.5 Å². The van der Waals surface area contributed by atoms with E-state index < -0.39 is 0 Å². The molecule has 0 amide bonds. The Morgan fingerprint density at radius 2 is 2.10 bits per heavy atom. The topological polar surface area (TPSA) is 29.9 Å². The highest BCUT2D eigenvalue weighted by atomic mass is 35.5.